The SMILES string of the molecule is CN(Cc1csc(CN)n1)Cc1ccccc1Br. The van der Waals surface area contributed by atoms with Crippen LogP contribution in [0.2, 0.25) is 0 Å². The van der Waals surface area contributed by atoms with Gasteiger partial charge in [0.15, 0.2) is 0 Å². The largest absolute Gasteiger partial charge is 0.325 e. The summed E-state index contributed by atoms with van der Waals surface area (Å²) in [6.45, 7) is 2.27. The fourth-order valence-electron chi connectivity index (χ4n) is 1.77. The molecule has 0 aliphatic heterocycles. The van der Waals surface area contributed by atoms with Gasteiger partial charge in [0.05, 0.1) is 5.69 Å². The molecule has 1 heterocycles. The van der Waals surface area contributed by atoms with E-state index in [4.69, 9.17) is 5.73 Å². The third-order valence-corrected chi connectivity index (χ3v) is 4.30. The van der Waals surface area contributed by atoms with Crippen molar-refractivity contribution < 1.29 is 0 Å². The molecule has 1 aromatic heterocycles. The maximum absolute atomic E-state index is 5.57. The van der Waals surface area contributed by atoms with Crippen LogP contribution in [0.15, 0.2) is 34.1 Å². The minimum Gasteiger partial charge on any atom is -0.325 e. The van der Waals surface area contributed by atoms with Crippen LogP contribution in [0.3, 0.4) is 0 Å². The van der Waals surface area contributed by atoms with Crippen LogP contribution in [0, 0.1) is 0 Å². The molecule has 0 unspecified atom stereocenters. The van der Waals surface area contributed by atoms with Gasteiger partial charge in [0.2, 0.25) is 0 Å². The molecule has 0 fully saturated rings. The highest BCUT2D eigenvalue weighted by molar-refractivity contribution is 9.10. The van der Waals surface area contributed by atoms with Gasteiger partial charge in [-0.05, 0) is 18.7 Å². The maximum atomic E-state index is 5.57. The summed E-state index contributed by atoms with van der Waals surface area (Å²) in [7, 11) is 2.10. The highest BCUT2D eigenvalue weighted by atomic mass is 79.9. The van der Waals surface area contributed by atoms with Gasteiger partial charge in [0, 0.05) is 29.5 Å². The lowest BCUT2D eigenvalue weighted by Gasteiger charge is -2.16. The van der Waals surface area contributed by atoms with E-state index in [1.165, 1.54) is 5.56 Å². The molecule has 0 atom stereocenters. The van der Waals surface area contributed by atoms with E-state index in [1.54, 1.807) is 11.3 Å². The molecule has 0 bridgehead atoms. The van der Waals surface area contributed by atoms with Crippen molar-refractivity contribution in [3.8, 4) is 0 Å². The molecule has 5 heteroatoms. The molecule has 2 rings (SSSR count). The predicted molar refractivity (Wildman–Crippen MR) is 79.3 cm³/mol. The van der Waals surface area contributed by atoms with Crippen LogP contribution in [-0.2, 0) is 19.6 Å². The van der Waals surface area contributed by atoms with Crippen molar-refractivity contribution in [3.63, 3.8) is 0 Å². The molecule has 18 heavy (non-hydrogen) atoms. The molecule has 1 aromatic carbocycles. The summed E-state index contributed by atoms with van der Waals surface area (Å²) in [5.41, 5.74) is 7.94. The summed E-state index contributed by atoms with van der Waals surface area (Å²) in [5, 5.41) is 3.08. The van der Waals surface area contributed by atoms with Crippen LogP contribution in [0.25, 0.3) is 0 Å². The normalized spacial score (nSPS) is 11.1. The van der Waals surface area contributed by atoms with Crippen molar-refractivity contribution in [1.29, 1.82) is 0 Å². The molecule has 96 valence electrons. The highest BCUT2D eigenvalue weighted by Crippen LogP contribution is 2.18. The van der Waals surface area contributed by atoms with Crippen LogP contribution >= 0.6 is 27.3 Å². The second-order valence-electron chi connectivity index (χ2n) is 4.20. The number of benzene rings is 1. The molecule has 0 spiro atoms. The molecule has 0 aliphatic carbocycles. The van der Waals surface area contributed by atoms with Gasteiger partial charge >= 0.3 is 0 Å². The van der Waals surface area contributed by atoms with Crippen molar-refractivity contribution in [3.05, 3.63) is 50.4 Å². The Labute approximate surface area is 120 Å². The first-order valence-electron chi connectivity index (χ1n) is 5.74. The molecule has 3 nitrogen and oxygen atoms in total. The second kappa shape index (κ2) is 6.43. The number of hydrogen-bond donors (Lipinski definition) is 1. The zero-order valence-electron chi connectivity index (χ0n) is 10.3. The van der Waals surface area contributed by atoms with Gasteiger partial charge in [-0.3, -0.25) is 4.90 Å². The van der Waals surface area contributed by atoms with Crippen LogP contribution in [0.5, 0.6) is 0 Å². The molecule has 0 amide bonds. The lowest BCUT2D eigenvalue weighted by Crippen LogP contribution is -2.17. The van der Waals surface area contributed by atoms with Crippen molar-refractivity contribution >= 4 is 27.3 Å². The Morgan fingerprint density at radius 1 is 1.33 bits per heavy atom. The number of nitrogens with two attached hydrogens (primary N) is 1. The predicted octanol–water partition coefficient (Wildman–Crippen LogP) is 3.00. The Balaban J connectivity index is 1.96. The van der Waals surface area contributed by atoms with Gasteiger partial charge in [-0.1, -0.05) is 34.1 Å². The Bertz CT molecular complexity index is 512. The third-order valence-electron chi connectivity index (χ3n) is 2.60. The van der Waals surface area contributed by atoms with Crippen LogP contribution in [-0.4, -0.2) is 16.9 Å². The van der Waals surface area contributed by atoms with Gasteiger partial charge in [0.25, 0.3) is 0 Å². The molecule has 0 saturated heterocycles. The molecular formula is C13H16BrN3S. The Morgan fingerprint density at radius 2 is 2.11 bits per heavy atom. The number of hydrogen-bond acceptors (Lipinski definition) is 4. The Kier molecular flexibility index (Phi) is 4.88. The van der Waals surface area contributed by atoms with E-state index < -0.39 is 0 Å². The number of nitrogens with zero attached hydrogens (tertiary/aromatic N) is 2. The second-order valence-corrected chi connectivity index (χ2v) is 6.00. The van der Waals surface area contributed by atoms with Gasteiger partial charge in [0.1, 0.15) is 5.01 Å². The summed E-state index contributed by atoms with van der Waals surface area (Å²) in [5.74, 6) is 0. The summed E-state index contributed by atoms with van der Waals surface area (Å²) in [4.78, 5) is 6.72. The van der Waals surface area contributed by atoms with E-state index >= 15 is 0 Å². The molecule has 0 saturated carbocycles. The number of aromatic nitrogens is 1. The van der Waals surface area contributed by atoms with E-state index in [2.05, 4.69) is 56.4 Å². The highest BCUT2D eigenvalue weighted by Gasteiger charge is 2.07. The minimum atomic E-state index is 0.526. The average Bonchev–Trinajstić information content (AvgIpc) is 2.80. The first kappa shape index (κ1) is 13.7. The molecule has 0 aliphatic rings. The number of rotatable bonds is 5. The van der Waals surface area contributed by atoms with E-state index in [-0.39, 0.29) is 0 Å². The monoisotopic (exact) mass is 325 g/mol. The first-order valence-corrected chi connectivity index (χ1v) is 7.41. The fraction of sp³-hybridized carbons (Fsp3) is 0.308. The quantitative estimate of drug-likeness (QED) is 0.918. The molecule has 2 N–H and O–H groups in total. The average molecular weight is 326 g/mol. The van der Waals surface area contributed by atoms with Crippen molar-refractivity contribution in [2.75, 3.05) is 7.05 Å². The summed E-state index contributed by atoms with van der Waals surface area (Å²) in [6.07, 6.45) is 0. The summed E-state index contributed by atoms with van der Waals surface area (Å²) in [6, 6.07) is 8.29. The topological polar surface area (TPSA) is 42.1 Å². The van der Waals surface area contributed by atoms with Crippen LogP contribution < -0.4 is 5.73 Å². The fourth-order valence-corrected chi connectivity index (χ4v) is 2.84. The van der Waals surface area contributed by atoms with Crippen molar-refractivity contribution in [2.24, 2.45) is 5.73 Å². The summed E-state index contributed by atoms with van der Waals surface area (Å²) >= 11 is 5.20. The lowest BCUT2D eigenvalue weighted by molar-refractivity contribution is 0.315. The standard InChI is InChI=1S/C13H16BrN3S/c1-17(7-10-4-2-3-5-12(10)14)8-11-9-18-13(6-15)16-11/h2-5,9H,6-8,15H2,1H3. The minimum absolute atomic E-state index is 0.526. The van der Waals surface area contributed by atoms with E-state index in [1.807, 2.05) is 6.07 Å². The van der Waals surface area contributed by atoms with Gasteiger partial charge in [-0.15, -0.1) is 11.3 Å². The van der Waals surface area contributed by atoms with E-state index in [0.717, 1.165) is 28.3 Å². The Morgan fingerprint density at radius 3 is 2.78 bits per heavy atom. The molecule has 0 radical (unpaired) electrons. The summed E-state index contributed by atoms with van der Waals surface area (Å²) < 4.78 is 1.15. The van der Waals surface area contributed by atoms with Crippen molar-refractivity contribution in [2.45, 2.75) is 19.6 Å². The molecular weight excluding hydrogens is 310 g/mol. The Hall–Kier alpha value is -0.750. The van der Waals surface area contributed by atoms with Gasteiger partial charge in [-0.25, -0.2) is 4.98 Å². The number of halogens is 1. The van der Waals surface area contributed by atoms with Gasteiger partial charge in [-0.2, -0.15) is 0 Å². The molecule has 2 aromatic rings. The zero-order chi connectivity index (χ0) is 13.0. The van der Waals surface area contributed by atoms with Crippen molar-refractivity contribution in [1.82, 2.24) is 9.88 Å². The lowest BCUT2D eigenvalue weighted by atomic mass is 10.2. The smallest absolute Gasteiger partial charge is 0.106 e. The van der Waals surface area contributed by atoms with E-state index in [9.17, 15) is 0 Å². The maximum Gasteiger partial charge on any atom is 0.106 e. The van der Waals surface area contributed by atoms with E-state index in [0.29, 0.717) is 6.54 Å². The zero-order valence-corrected chi connectivity index (χ0v) is 12.7. The van der Waals surface area contributed by atoms with Crippen LogP contribution in [0.1, 0.15) is 16.3 Å². The number of thiazole rings is 1. The van der Waals surface area contributed by atoms with Crippen LogP contribution in [0.4, 0.5) is 0 Å². The van der Waals surface area contributed by atoms with Gasteiger partial charge < -0.3 is 5.73 Å². The third kappa shape index (κ3) is 3.62. The first-order chi connectivity index (χ1) is 8.69.